The van der Waals surface area contributed by atoms with Crippen LogP contribution in [-0.4, -0.2) is 157 Å². The van der Waals surface area contributed by atoms with Crippen LogP contribution in [0.4, 0.5) is 0 Å². The van der Waals surface area contributed by atoms with Crippen molar-refractivity contribution in [2.24, 2.45) is 52.3 Å². The molecule has 3 heterocycles. The lowest BCUT2D eigenvalue weighted by molar-refractivity contribution is -0.388. The van der Waals surface area contributed by atoms with E-state index < -0.39 is 111 Å². The number of hydrogen-bond donors (Lipinski definition) is 9. The van der Waals surface area contributed by atoms with Crippen LogP contribution in [0.15, 0.2) is 0 Å². The van der Waals surface area contributed by atoms with Gasteiger partial charge in [0, 0.05) is 0 Å². The van der Waals surface area contributed by atoms with Crippen molar-refractivity contribution in [3.8, 4) is 0 Å². The molecule has 60 heavy (non-hydrogen) atoms. The highest BCUT2D eigenvalue weighted by Crippen LogP contribution is 2.68. The molecule has 3 saturated heterocycles. The van der Waals surface area contributed by atoms with Gasteiger partial charge in [-0.25, -0.2) is 4.79 Å². The van der Waals surface area contributed by atoms with Crippen LogP contribution >= 0.6 is 0 Å². The van der Waals surface area contributed by atoms with E-state index in [0.29, 0.717) is 36.0 Å². The summed E-state index contributed by atoms with van der Waals surface area (Å²) in [6.07, 6.45) is -11.0. The second-order valence-corrected chi connectivity index (χ2v) is 20.6. The highest BCUT2D eigenvalue weighted by Gasteiger charge is 2.62. The third kappa shape index (κ3) is 8.83. The summed E-state index contributed by atoms with van der Waals surface area (Å²) in [5, 5.41) is 94.7. The molecule has 346 valence electrons. The van der Waals surface area contributed by atoms with E-state index >= 15 is 0 Å². The van der Waals surface area contributed by atoms with E-state index in [9.17, 15) is 50.8 Å². The normalized spacial score (nSPS) is 51.4. The Hall–Kier alpha value is -1.09. The number of aliphatic carboxylic acids is 1. The molecular weight excluding hydrogens is 784 g/mol. The van der Waals surface area contributed by atoms with Crippen LogP contribution in [0.25, 0.3) is 0 Å². The Morgan fingerprint density at radius 3 is 2.08 bits per heavy atom. The summed E-state index contributed by atoms with van der Waals surface area (Å²) in [5.74, 6) is 3.02. The zero-order valence-corrected chi connectivity index (χ0v) is 36.0. The number of rotatable bonds is 13. The number of ether oxygens (including phenoxy) is 6. The van der Waals surface area contributed by atoms with Gasteiger partial charge in [-0.1, -0.05) is 53.9 Å². The Balaban J connectivity index is 1.09. The first kappa shape index (κ1) is 46.9. The highest BCUT2D eigenvalue weighted by atomic mass is 16.8. The van der Waals surface area contributed by atoms with Gasteiger partial charge in [-0.3, -0.25) is 0 Å². The topological polar surface area (TPSA) is 255 Å². The molecule has 4 saturated carbocycles. The Bertz CT molecular complexity index is 1440. The van der Waals surface area contributed by atoms with E-state index in [1.807, 2.05) is 0 Å². The average Bonchev–Trinajstić information content (AvgIpc) is 3.57. The molecule has 0 bridgehead atoms. The molecule has 0 radical (unpaired) electrons. The van der Waals surface area contributed by atoms with Crippen LogP contribution in [0.5, 0.6) is 0 Å². The van der Waals surface area contributed by atoms with E-state index in [1.54, 1.807) is 0 Å². The number of hydrogen-bond acceptors (Lipinski definition) is 15. The summed E-state index contributed by atoms with van der Waals surface area (Å²) < 4.78 is 35.8. The average molecular weight is 859 g/mol. The van der Waals surface area contributed by atoms with Crippen LogP contribution in [-0.2, 0) is 33.2 Å². The molecule has 23 atom stereocenters. The molecule has 7 aliphatic rings. The Morgan fingerprint density at radius 1 is 0.700 bits per heavy atom. The van der Waals surface area contributed by atoms with Crippen LogP contribution in [0, 0.1) is 52.3 Å². The lowest BCUT2D eigenvalue weighted by atomic mass is 9.44. The summed E-state index contributed by atoms with van der Waals surface area (Å²) in [5.41, 5.74) is 0.465. The molecule has 0 aromatic heterocycles. The van der Waals surface area contributed by atoms with Crippen molar-refractivity contribution in [3.63, 3.8) is 0 Å². The minimum absolute atomic E-state index is 0.0933. The fourth-order valence-electron chi connectivity index (χ4n) is 13.4. The molecule has 0 amide bonds. The van der Waals surface area contributed by atoms with Crippen molar-refractivity contribution in [1.82, 2.24) is 0 Å². The van der Waals surface area contributed by atoms with Gasteiger partial charge in [-0.05, 0) is 110 Å². The van der Waals surface area contributed by atoms with Crippen LogP contribution in [0.1, 0.15) is 112 Å². The monoisotopic (exact) mass is 858 g/mol. The van der Waals surface area contributed by atoms with Crippen LogP contribution in [0.2, 0.25) is 0 Å². The van der Waals surface area contributed by atoms with Crippen LogP contribution < -0.4 is 0 Å². The van der Waals surface area contributed by atoms with E-state index in [1.165, 1.54) is 44.9 Å². The molecule has 16 nitrogen and oxygen atoms in total. The quantitative estimate of drug-likeness (QED) is 0.120. The highest BCUT2D eigenvalue weighted by molar-refractivity contribution is 5.73. The second-order valence-electron chi connectivity index (χ2n) is 20.6. The first-order valence-electron chi connectivity index (χ1n) is 22.9. The molecule has 9 N–H and O–H groups in total. The van der Waals surface area contributed by atoms with Gasteiger partial charge in [0.15, 0.2) is 25.0 Å². The van der Waals surface area contributed by atoms with Gasteiger partial charge >= 0.3 is 5.97 Å². The summed E-state index contributed by atoms with van der Waals surface area (Å²) in [7, 11) is 0. The molecule has 0 aromatic rings. The van der Waals surface area contributed by atoms with Gasteiger partial charge in [0.25, 0.3) is 0 Å². The molecule has 4 aliphatic carbocycles. The van der Waals surface area contributed by atoms with Gasteiger partial charge in [0.05, 0.1) is 19.3 Å². The third-order valence-corrected chi connectivity index (χ3v) is 16.8. The summed E-state index contributed by atoms with van der Waals surface area (Å²) in [4.78, 5) is 12.6. The largest absolute Gasteiger partial charge is 0.479 e. The standard InChI is InChI=1S/C44H74O16/c1-20(2)7-6-8-21(3)25-11-12-26-24-10-9-22-17-23(13-15-43(22,4)27(24)14-16-44(25,26)5)56-42-38(60-41-34(51)32(49)31(48)29(18-45)57-41)36(35(52)37(59-42)39(53)54)58-40-33(50)30(47)28(46)19-55-40/h20-38,40-42,45-52H,6-19H2,1-5H3,(H,53,54)/t21-,22+,23+,24+,25-,26+,27+,28-,29-,30+,31+,32+,33-,34-,35+,36+,37+,38-,40+,41+,42-,43+,44-/m1/s1. The maximum absolute atomic E-state index is 12.6. The van der Waals surface area contributed by atoms with Crippen molar-refractivity contribution in [2.45, 2.75) is 204 Å². The fourth-order valence-corrected chi connectivity index (χ4v) is 13.4. The summed E-state index contributed by atoms with van der Waals surface area (Å²) in [6, 6.07) is 0. The molecule has 0 spiro atoms. The Kier molecular flexibility index (Phi) is 14.7. The summed E-state index contributed by atoms with van der Waals surface area (Å²) in [6.45, 7) is 11.0. The summed E-state index contributed by atoms with van der Waals surface area (Å²) >= 11 is 0. The molecule has 0 aromatic carbocycles. The number of aliphatic hydroxyl groups excluding tert-OH is 8. The first-order chi connectivity index (χ1) is 28.4. The molecule has 3 aliphatic heterocycles. The van der Waals surface area contributed by atoms with E-state index in [4.69, 9.17) is 28.4 Å². The maximum Gasteiger partial charge on any atom is 0.335 e. The third-order valence-electron chi connectivity index (χ3n) is 16.8. The number of carbonyl (C=O) groups is 1. The number of fused-ring (bicyclic) bond motifs is 5. The van der Waals surface area contributed by atoms with Gasteiger partial charge in [0.1, 0.15) is 61.0 Å². The number of carboxylic acid groups (broad SMARTS) is 1. The molecule has 0 unspecified atom stereocenters. The van der Waals surface area contributed by atoms with E-state index in [2.05, 4.69) is 34.6 Å². The van der Waals surface area contributed by atoms with Crippen molar-refractivity contribution in [1.29, 1.82) is 0 Å². The minimum Gasteiger partial charge on any atom is -0.479 e. The van der Waals surface area contributed by atoms with Crippen molar-refractivity contribution >= 4 is 5.97 Å². The lowest BCUT2D eigenvalue weighted by Gasteiger charge is -2.61. The molecule has 7 rings (SSSR count). The smallest absolute Gasteiger partial charge is 0.335 e. The predicted molar refractivity (Wildman–Crippen MR) is 212 cm³/mol. The van der Waals surface area contributed by atoms with Gasteiger partial charge in [-0.2, -0.15) is 0 Å². The van der Waals surface area contributed by atoms with Crippen molar-refractivity contribution < 1.29 is 79.2 Å². The van der Waals surface area contributed by atoms with Crippen molar-refractivity contribution in [2.75, 3.05) is 13.2 Å². The van der Waals surface area contributed by atoms with E-state index in [-0.39, 0.29) is 5.41 Å². The minimum atomic E-state index is -1.99. The predicted octanol–water partition coefficient (Wildman–Crippen LogP) is 1.67. The fraction of sp³-hybridized carbons (Fsp3) is 0.977. The zero-order valence-electron chi connectivity index (χ0n) is 36.0. The van der Waals surface area contributed by atoms with Crippen molar-refractivity contribution in [3.05, 3.63) is 0 Å². The Labute approximate surface area is 353 Å². The first-order valence-corrected chi connectivity index (χ1v) is 22.9. The zero-order chi connectivity index (χ0) is 43.4. The number of carboxylic acids is 1. The molecule has 16 heteroatoms. The van der Waals surface area contributed by atoms with Gasteiger partial charge in [0.2, 0.25) is 0 Å². The lowest BCUT2D eigenvalue weighted by Crippen LogP contribution is -2.67. The molecular formula is C44H74O16. The second kappa shape index (κ2) is 18.8. The SMILES string of the molecule is CC(C)CCC[C@@H](C)[C@H]1CC[C@H]2[C@@H]3CC[C@H]4C[C@@H](O[C@@H]5O[C@H](C(=O)O)[C@@H](O)[C@H](O[C@@H]6OC[C@@H](O)[C@H](O)[C@H]6O)[C@H]5O[C@@H]5O[C@H](CO)[C@H](O)[C@H](O)[C@H]5O)CC[C@]4(C)[C@H]3CC[C@]12C. The van der Waals surface area contributed by atoms with Gasteiger partial charge in [-0.15, -0.1) is 0 Å². The Morgan fingerprint density at radius 2 is 1.38 bits per heavy atom. The number of aliphatic hydroxyl groups is 8. The van der Waals surface area contributed by atoms with Gasteiger partial charge < -0.3 is 74.4 Å². The van der Waals surface area contributed by atoms with Crippen LogP contribution in [0.3, 0.4) is 0 Å². The maximum atomic E-state index is 12.6. The molecule has 7 fully saturated rings. The van der Waals surface area contributed by atoms with E-state index in [0.717, 1.165) is 42.9 Å².